The minimum atomic E-state index is -0.631. The molecule has 1 nitrogen and oxygen atoms in total. The van der Waals surface area contributed by atoms with Gasteiger partial charge in [-0.15, -0.1) is 0 Å². The van der Waals surface area contributed by atoms with Crippen LogP contribution in [0.5, 0.6) is 0 Å². The van der Waals surface area contributed by atoms with E-state index in [1.165, 1.54) is 6.04 Å². The van der Waals surface area contributed by atoms with Crippen molar-refractivity contribution in [1.82, 2.24) is 0 Å². The van der Waals surface area contributed by atoms with Gasteiger partial charge in [-0.1, -0.05) is 32.6 Å². The Morgan fingerprint density at radius 3 is 1.29 bits per heavy atom. The summed E-state index contributed by atoms with van der Waals surface area (Å²) in [5, 5.41) is 0. The Labute approximate surface area is 47.1 Å². The Morgan fingerprint density at radius 2 is 1.29 bits per heavy atom. The molecule has 0 bridgehead atoms. The Hall–Kier alpha value is 0.177. The van der Waals surface area contributed by atoms with Crippen molar-refractivity contribution in [3.8, 4) is 0 Å². The van der Waals surface area contributed by atoms with Crippen LogP contribution in [0.2, 0.25) is 25.7 Å². The van der Waals surface area contributed by atoms with Gasteiger partial charge in [-0.2, -0.15) is 0 Å². The number of rotatable bonds is 1. The molecule has 0 aromatic heterocycles. The summed E-state index contributed by atoms with van der Waals surface area (Å²) in [5.74, 6) is 0. The van der Waals surface area contributed by atoms with Crippen molar-refractivity contribution in [2.45, 2.75) is 32.6 Å². The fraction of sp³-hybridized carbons (Fsp3) is 1.00. The molecule has 0 rings (SSSR count). The lowest BCUT2D eigenvalue weighted by Crippen LogP contribution is -2.16. The third-order valence-corrected chi connectivity index (χ3v) is 3.18. The summed E-state index contributed by atoms with van der Waals surface area (Å²) < 4.78 is 0. The highest BCUT2D eigenvalue weighted by molar-refractivity contribution is 6.75. The minimum absolute atomic E-state index is 0. The van der Waals surface area contributed by atoms with Gasteiger partial charge in [-0.3, -0.25) is 0 Å². The van der Waals surface area contributed by atoms with Crippen molar-refractivity contribution in [3.63, 3.8) is 0 Å². The summed E-state index contributed by atoms with van der Waals surface area (Å²) in [5.41, 5.74) is 0. The van der Waals surface area contributed by atoms with Crippen LogP contribution in [0.4, 0.5) is 0 Å². The zero-order valence-corrected chi connectivity index (χ0v) is 6.62. The Balaban J connectivity index is 0. The van der Waals surface area contributed by atoms with Crippen LogP contribution in [0, 0.1) is 0 Å². The number of hydrogen-bond acceptors (Lipinski definition) is 0. The van der Waals surface area contributed by atoms with Crippen LogP contribution in [0.3, 0.4) is 0 Å². The summed E-state index contributed by atoms with van der Waals surface area (Å²) in [6.45, 7) is 9.42. The summed E-state index contributed by atoms with van der Waals surface area (Å²) in [6.07, 6.45) is 0. The molecule has 0 N–H and O–H groups in total. The predicted octanol–water partition coefficient (Wildman–Crippen LogP) is 2.23. The molecular weight excluding hydrogens is 104 g/mol. The molecule has 0 fully saturated rings. The van der Waals surface area contributed by atoms with Crippen LogP contribution in [-0.4, -0.2) is 8.07 Å². The first-order valence-electron chi connectivity index (χ1n) is 2.56. The SMILES string of the molecule is CC[Si](C)(C)C.[O]. The standard InChI is InChI=1S/C5H14Si.O/c1-5-6(2,3)4;/h5H2,1-4H3;. The highest BCUT2D eigenvalue weighted by atomic mass is 28.3. The van der Waals surface area contributed by atoms with Gasteiger partial charge < -0.3 is 0 Å². The summed E-state index contributed by atoms with van der Waals surface area (Å²) in [4.78, 5) is 0. The van der Waals surface area contributed by atoms with Gasteiger partial charge in [0, 0.05) is 13.6 Å². The molecule has 0 aliphatic carbocycles. The molecule has 0 atom stereocenters. The molecule has 0 aromatic rings. The topological polar surface area (TPSA) is 28.5 Å². The van der Waals surface area contributed by atoms with Gasteiger partial charge in [0.2, 0.25) is 0 Å². The predicted molar refractivity (Wildman–Crippen MR) is 34.5 cm³/mol. The maximum Gasteiger partial charge on any atom is 0.0439 e. The van der Waals surface area contributed by atoms with Gasteiger partial charge in [-0.05, 0) is 0 Å². The lowest BCUT2D eigenvalue weighted by molar-refractivity contribution is 0.686. The van der Waals surface area contributed by atoms with Crippen LogP contribution in [0.15, 0.2) is 0 Å². The summed E-state index contributed by atoms with van der Waals surface area (Å²) >= 11 is 0. The second-order valence-corrected chi connectivity index (χ2v) is 8.74. The second kappa shape index (κ2) is 3.21. The molecule has 44 valence electrons. The first-order valence-corrected chi connectivity index (χ1v) is 6.27. The molecule has 0 unspecified atom stereocenters. The van der Waals surface area contributed by atoms with E-state index < -0.39 is 8.07 Å². The largest absolute Gasteiger partial charge is 0.0696 e. The van der Waals surface area contributed by atoms with Crippen molar-refractivity contribution >= 4 is 8.07 Å². The Bertz CT molecular complexity index is 37.8. The lowest BCUT2D eigenvalue weighted by Gasteiger charge is -2.09. The van der Waals surface area contributed by atoms with Crippen LogP contribution < -0.4 is 0 Å². The quantitative estimate of drug-likeness (QED) is 0.472. The van der Waals surface area contributed by atoms with E-state index in [-0.39, 0.29) is 5.48 Å². The third-order valence-electron chi connectivity index (χ3n) is 1.06. The van der Waals surface area contributed by atoms with E-state index >= 15 is 0 Å². The average Bonchev–Trinajstić information content (AvgIpc) is 1.35. The monoisotopic (exact) mass is 118 g/mol. The van der Waals surface area contributed by atoms with Gasteiger partial charge in [0.05, 0.1) is 0 Å². The molecule has 0 aliphatic rings. The smallest absolute Gasteiger partial charge is 0.0439 e. The van der Waals surface area contributed by atoms with E-state index in [2.05, 4.69) is 26.6 Å². The van der Waals surface area contributed by atoms with Crippen LogP contribution in [0.1, 0.15) is 6.92 Å². The van der Waals surface area contributed by atoms with E-state index in [4.69, 9.17) is 0 Å². The normalized spacial score (nSPS) is 10.3. The minimum Gasteiger partial charge on any atom is -0.0696 e. The lowest BCUT2D eigenvalue weighted by atomic mass is 11.0. The van der Waals surface area contributed by atoms with E-state index in [0.29, 0.717) is 0 Å². The van der Waals surface area contributed by atoms with Crippen molar-refractivity contribution in [1.29, 1.82) is 0 Å². The van der Waals surface area contributed by atoms with Crippen molar-refractivity contribution in [2.24, 2.45) is 0 Å². The first kappa shape index (κ1) is 10.2. The van der Waals surface area contributed by atoms with E-state index in [1.807, 2.05) is 0 Å². The van der Waals surface area contributed by atoms with E-state index in [9.17, 15) is 0 Å². The van der Waals surface area contributed by atoms with Crippen LogP contribution in [0.25, 0.3) is 0 Å². The maximum atomic E-state index is 2.38. The Kier molecular flexibility index (Phi) is 4.69. The molecule has 0 heterocycles. The molecule has 0 spiro atoms. The van der Waals surface area contributed by atoms with Gasteiger partial charge in [0.1, 0.15) is 0 Å². The van der Waals surface area contributed by atoms with Gasteiger partial charge >= 0.3 is 0 Å². The fourth-order valence-corrected chi connectivity index (χ4v) is 0. The molecule has 0 amide bonds. The van der Waals surface area contributed by atoms with E-state index in [0.717, 1.165) is 0 Å². The van der Waals surface area contributed by atoms with E-state index in [1.54, 1.807) is 0 Å². The van der Waals surface area contributed by atoms with Gasteiger partial charge in [0.15, 0.2) is 0 Å². The van der Waals surface area contributed by atoms with Crippen molar-refractivity contribution in [3.05, 3.63) is 0 Å². The zero-order chi connectivity index (χ0) is 5.21. The van der Waals surface area contributed by atoms with Crippen molar-refractivity contribution in [2.75, 3.05) is 0 Å². The molecule has 0 saturated carbocycles. The highest BCUT2D eigenvalue weighted by Gasteiger charge is 2.06. The first-order chi connectivity index (χ1) is 2.56. The summed E-state index contributed by atoms with van der Waals surface area (Å²) in [7, 11) is -0.631. The average molecular weight is 118 g/mol. The Morgan fingerprint density at radius 1 is 1.14 bits per heavy atom. The molecule has 0 saturated heterocycles. The van der Waals surface area contributed by atoms with Crippen molar-refractivity contribution < 1.29 is 5.48 Å². The van der Waals surface area contributed by atoms with Gasteiger partial charge in [0.25, 0.3) is 0 Å². The zero-order valence-electron chi connectivity index (χ0n) is 5.62. The molecule has 7 heavy (non-hydrogen) atoms. The van der Waals surface area contributed by atoms with Crippen LogP contribution in [-0.2, 0) is 5.48 Å². The van der Waals surface area contributed by atoms with Crippen LogP contribution >= 0.6 is 0 Å². The second-order valence-electron chi connectivity index (χ2n) is 2.91. The van der Waals surface area contributed by atoms with Gasteiger partial charge in [-0.25, -0.2) is 0 Å². The molecule has 0 aliphatic heterocycles. The number of hydrogen-bond donors (Lipinski definition) is 0. The molecular formula is C5H14OSi. The fourth-order valence-electron chi connectivity index (χ4n) is 0. The molecule has 0 aromatic carbocycles. The maximum absolute atomic E-state index is 2.38. The molecule has 2 heteroatoms. The highest BCUT2D eigenvalue weighted by Crippen LogP contribution is 2.04. The summed E-state index contributed by atoms with van der Waals surface area (Å²) in [6, 6.07) is 1.41. The third kappa shape index (κ3) is 10.7. The molecule has 2 radical (unpaired) electrons.